The lowest BCUT2D eigenvalue weighted by molar-refractivity contribution is 0.0912. The van der Waals surface area contributed by atoms with E-state index in [1.165, 1.54) is 19.3 Å². The van der Waals surface area contributed by atoms with Gasteiger partial charge in [0.2, 0.25) is 0 Å². The standard InChI is InChI=1S/C15H34N2O2/c1-5-7-15(3,13-16-8-6-2)14-17(9-11-18)10-12-19-4/h16,18H,5-14H2,1-4H3. The predicted octanol–water partition coefficient (Wildman–Crippen LogP) is 1.73. The van der Waals surface area contributed by atoms with Crippen LogP contribution in [0.4, 0.5) is 0 Å². The summed E-state index contributed by atoms with van der Waals surface area (Å²) in [5, 5.41) is 12.7. The minimum Gasteiger partial charge on any atom is -0.395 e. The molecule has 0 aromatic rings. The second kappa shape index (κ2) is 11.6. The molecule has 4 heteroatoms. The summed E-state index contributed by atoms with van der Waals surface area (Å²) >= 11 is 0. The molecule has 1 unspecified atom stereocenters. The first kappa shape index (κ1) is 18.8. The lowest BCUT2D eigenvalue weighted by Crippen LogP contribution is -2.44. The van der Waals surface area contributed by atoms with E-state index >= 15 is 0 Å². The number of methoxy groups -OCH3 is 1. The van der Waals surface area contributed by atoms with Crippen molar-refractivity contribution < 1.29 is 9.84 Å². The van der Waals surface area contributed by atoms with E-state index in [0.29, 0.717) is 0 Å². The van der Waals surface area contributed by atoms with Crippen molar-refractivity contribution in [2.24, 2.45) is 5.41 Å². The Balaban J connectivity index is 4.37. The molecule has 116 valence electrons. The monoisotopic (exact) mass is 274 g/mol. The topological polar surface area (TPSA) is 44.7 Å². The number of rotatable bonds is 13. The van der Waals surface area contributed by atoms with Gasteiger partial charge in [-0.3, -0.25) is 4.90 Å². The molecule has 0 saturated carbocycles. The van der Waals surface area contributed by atoms with Crippen molar-refractivity contribution in [1.29, 1.82) is 0 Å². The van der Waals surface area contributed by atoms with Gasteiger partial charge in [-0.25, -0.2) is 0 Å². The first-order valence-corrected chi connectivity index (χ1v) is 7.64. The lowest BCUT2D eigenvalue weighted by atomic mass is 9.84. The normalized spacial score (nSPS) is 14.8. The van der Waals surface area contributed by atoms with Gasteiger partial charge < -0.3 is 15.2 Å². The molecule has 1 atom stereocenters. The molecular weight excluding hydrogens is 240 g/mol. The fourth-order valence-electron chi connectivity index (χ4n) is 2.57. The van der Waals surface area contributed by atoms with Crippen LogP contribution < -0.4 is 5.32 Å². The maximum Gasteiger partial charge on any atom is 0.0589 e. The van der Waals surface area contributed by atoms with E-state index in [2.05, 4.69) is 31.0 Å². The van der Waals surface area contributed by atoms with Crippen LogP contribution in [-0.2, 0) is 4.74 Å². The number of ether oxygens (including phenoxy) is 1. The minimum absolute atomic E-state index is 0.217. The first-order chi connectivity index (χ1) is 9.11. The largest absolute Gasteiger partial charge is 0.395 e. The molecule has 2 N–H and O–H groups in total. The van der Waals surface area contributed by atoms with Crippen LogP contribution in [0, 0.1) is 5.41 Å². The zero-order chi connectivity index (χ0) is 14.6. The van der Waals surface area contributed by atoms with Crippen LogP contribution >= 0.6 is 0 Å². The van der Waals surface area contributed by atoms with Crippen LogP contribution in [0.2, 0.25) is 0 Å². The fourth-order valence-corrected chi connectivity index (χ4v) is 2.57. The van der Waals surface area contributed by atoms with Gasteiger partial charge in [-0.15, -0.1) is 0 Å². The van der Waals surface area contributed by atoms with Crippen molar-refractivity contribution in [3.63, 3.8) is 0 Å². The van der Waals surface area contributed by atoms with Crippen LogP contribution in [-0.4, -0.2) is 63.1 Å². The molecular formula is C15H34N2O2. The van der Waals surface area contributed by atoms with E-state index in [1.807, 2.05) is 0 Å². The second-order valence-corrected chi connectivity index (χ2v) is 5.73. The van der Waals surface area contributed by atoms with Gasteiger partial charge in [-0.1, -0.05) is 27.2 Å². The van der Waals surface area contributed by atoms with Crippen molar-refractivity contribution in [2.45, 2.75) is 40.0 Å². The van der Waals surface area contributed by atoms with Crippen molar-refractivity contribution >= 4 is 0 Å². The van der Waals surface area contributed by atoms with Gasteiger partial charge in [0.1, 0.15) is 0 Å². The highest BCUT2D eigenvalue weighted by molar-refractivity contribution is 4.80. The Bertz CT molecular complexity index is 203. The molecule has 0 aliphatic heterocycles. The van der Waals surface area contributed by atoms with Gasteiger partial charge in [-0.05, 0) is 24.8 Å². The number of hydrogen-bond acceptors (Lipinski definition) is 4. The van der Waals surface area contributed by atoms with E-state index in [0.717, 1.165) is 39.3 Å². The molecule has 0 aromatic heterocycles. The SMILES string of the molecule is CCCNCC(C)(CCC)CN(CCO)CCOC. The summed E-state index contributed by atoms with van der Waals surface area (Å²) in [6.07, 6.45) is 3.58. The maximum atomic E-state index is 9.18. The van der Waals surface area contributed by atoms with Crippen LogP contribution in [0.1, 0.15) is 40.0 Å². The third-order valence-corrected chi connectivity index (χ3v) is 3.47. The van der Waals surface area contributed by atoms with Gasteiger partial charge in [0.15, 0.2) is 0 Å². The van der Waals surface area contributed by atoms with Gasteiger partial charge >= 0.3 is 0 Å². The van der Waals surface area contributed by atoms with Gasteiger partial charge in [0.05, 0.1) is 13.2 Å². The number of hydrogen-bond donors (Lipinski definition) is 2. The highest BCUT2D eigenvalue weighted by Crippen LogP contribution is 2.23. The third-order valence-electron chi connectivity index (χ3n) is 3.47. The molecule has 4 nitrogen and oxygen atoms in total. The molecule has 0 aromatic carbocycles. The quantitative estimate of drug-likeness (QED) is 0.502. The summed E-state index contributed by atoms with van der Waals surface area (Å²) in [5.74, 6) is 0. The number of nitrogens with zero attached hydrogens (tertiary/aromatic N) is 1. The lowest BCUT2D eigenvalue weighted by Gasteiger charge is -2.35. The molecule has 0 spiro atoms. The van der Waals surface area contributed by atoms with E-state index in [-0.39, 0.29) is 12.0 Å². The smallest absolute Gasteiger partial charge is 0.0589 e. The summed E-state index contributed by atoms with van der Waals surface area (Å²) in [7, 11) is 1.73. The molecule has 0 fully saturated rings. The molecule has 0 radical (unpaired) electrons. The van der Waals surface area contributed by atoms with Gasteiger partial charge in [0, 0.05) is 33.3 Å². The summed E-state index contributed by atoms with van der Waals surface area (Å²) in [5.41, 5.74) is 0.271. The van der Waals surface area contributed by atoms with E-state index in [1.54, 1.807) is 7.11 Å². The van der Waals surface area contributed by atoms with Gasteiger partial charge in [-0.2, -0.15) is 0 Å². The summed E-state index contributed by atoms with van der Waals surface area (Å²) < 4.78 is 5.15. The zero-order valence-corrected chi connectivity index (χ0v) is 13.4. The van der Waals surface area contributed by atoms with Crippen LogP contribution in [0.15, 0.2) is 0 Å². The minimum atomic E-state index is 0.217. The average Bonchev–Trinajstić information content (AvgIpc) is 2.37. The maximum absolute atomic E-state index is 9.18. The Morgan fingerprint density at radius 1 is 1.21 bits per heavy atom. The highest BCUT2D eigenvalue weighted by Gasteiger charge is 2.25. The van der Waals surface area contributed by atoms with Crippen molar-refractivity contribution in [2.75, 3.05) is 53.0 Å². The zero-order valence-electron chi connectivity index (χ0n) is 13.4. The predicted molar refractivity (Wildman–Crippen MR) is 81.6 cm³/mol. The van der Waals surface area contributed by atoms with Crippen molar-refractivity contribution in [3.05, 3.63) is 0 Å². The third kappa shape index (κ3) is 9.38. The molecule has 0 heterocycles. The number of nitrogens with one attached hydrogen (secondary N) is 1. The number of aliphatic hydroxyl groups is 1. The van der Waals surface area contributed by atoms with E-state index in [4.69, 9.17) is 4.74 Å². The molecule has 0 bridgehead atoms. The Hall–Kier alpha value is -0.160. The molecule has 0 saturated heterocycles. The fraction of sp³-hybridized carbons (Fsp3) is 1.00. The Kier molecular flexibility index (Phi) is 11.6. The summed E-state index contributed by atoms with van der Waals surface area (Å²) in [6.45, 7) is 12.5. The first-order valence-electron chi connectivity index (χ1n) is 7.64. The van der Waals surface area contributed by atoms with Crippen LogP contribution in [0.5, 0.6) is 0 Å². The van der Waals surface area contributed by atoms with Crippen molar-refractivity contribution in [1.82, 2.24) is 10.2 Å². The van der Waals surface area contributed by atoms with E-state index in [9.17, 15) is 5.11 Å². The summed E-state index contributed by atoms with van der Waals surface area (Å²) in [6, 6.07) is 0. The molecule has 0 aliphatic carbocycles. The second-order valence-electron chi connectivity index (χ2n) is 5.73. The Morgan fingerprint density at radius 2 is 1.95 bits per heavy atom. The Morgan fingerprint density at radius 3 is 2.47 bits per heavy atom. The molecule has 0 amide bonds. The van der Waals surface area contributed by atoms with Crippen molar-refractivity contribution in [3.8, 4) is 0 Å². The molecule has 0 aliphatic rings. The molecule has 19 heavy (non-hydrogen) atoms. The molecule has 0 rings (SSSR count). The highest BCUT2D eigenvalue weighted by atomic mass is 16.5. The van der Waals surface area contributed by atoms with Gasteiger partial charge in [0.25, 0.3) is 0 Å². The number of aliphatic hydroxyl groups excluding tert-OH is 1. The average molecular weight is 274 g/mol. The van der Waals surface area contributed by atoms with E-state index < -0.39 is 0 Å². The van der Waals surface area contributed by atoms with Crippen LogP contribution in [0.3, 0.4) is 0 Å². The summed E-state index contributed by atoms with van der Waals surface area (Å²) in [4.78, 5) is 2.31. The van der Waals surface area contributed by atoms with Crippen LogP contribution in [0.25, 0.3) is 0 Å². The Labute approximate surface area is 119 Å².